The highest BCUT2D eigenvalue weighted by atomic mass is 32.2. The van der Waals surface area contributed by atoms with Crippen LogP contribution in [0.1, 0.15) is 36.0 Å². The van der Waals surface area contributed by atoms with Gasteiger partial charge in [-0.25, -0.2) is 8.42 Å². The Kier molecular flexibility index (Phi) is 8.38. The van der Waals surface area contributed by atoms with Crippen LogP contribution in [-0.2, 0) is 14.8 Å². The molecule has 1 fully saturated rings. The normalized spacial score (nSPS) is 14.1. The van der Waals surface area contributed by atoms with E-state index >= 15 is 0 Å². The molecule has 0 radical (unpaired) electrons. The third-order valence-corrected chi connectivity index (χ3v) is 6.79. The zero-order valence-corrected chi connectivity index (χ0v) is 20.6. The number of anilines is 2. The molecule has 10 heteroatoms. The fraction of sp³-hybridized carbons (Fsp3) is 0.417. The minimum Gasteiger partial charge on any atom is -0.497 e. The summed E-state index contributed by atoms with van der Waals surface area (Å²) in [4.78, 5) is 27.9. The third-order valence-electron chi connectivity index (χ3n) is 5.67. The molecule has 0 atom stereocenters. The molecule has 1 aliphatic rings. The van der Waals surface area contributed by atoms with E-state index in [2.05, 4.69) is 5.32 Å². The summed E-state index contributed by atoms with van der Waals surface area (Å²) >= 11 is 0. The van der Waals surface area contributed by atoms with E-state index in [4.69, 9.17) is 9.47 Å². The summed E-state index contributed by atoms with van der Waals surface area (Å²) in [5.41, 5.74) is 0.928. The Morgan fingerprint density at radius 1 is 1.00 bits per heavy atom. The molecule has 0 aromatic heterocycles. The maximum atomic E-state index is 13.1. The van der Waals surface area contributed by atoms with Gasteiger partial charge in [0.25, 0.3) is 5.91 Å². The van der Waals surface area contributed by atoms with Crippen molar-refractivity contribution < 1.29 is 27.5 Å². The van der Waals surface area contributed by atoms with Crippen molar-refractivity contribution in [2.24, 2.45) is 0 Å². The second-order valence-corrected chi connectivity index (χ2v) is 10.0. The van der Waals surface area contributed by atoms with Crippen molar-refractivity contribution >= 4 is 33.2 Å². The molecular weight excluding hydrogens is 458 g/mol. The molecule has 34 heavy (non-hydrogen) atoms. The van der Waals surface area contributed by atoms with E-state index in [1.54, 1.807) is 36.4 Å². The Morgan fingerprint density at radius 3 is 2.29 bits per heavy atom. The zero-order chi connectivity index (χ0) is 24.7. The molecule has 9 nitrogen and oxygen atoms in total. The number of benzene rings is 2. The zero-order valence-electron chi connectivity index (χ0n) is 19.7. The number of ether oxygens (including phenoxy) is 2. The van der Waals surface area contributed by atoms with Gasteiger partial charge in [-0.15, -0.1) is 0 Å². The summed E-state index contributed by atoms with van der Waals surface area (Å²) in [6.07, 6.45) is 5.11. The molecular formula is C24H31N3O6S. The minimum absolute atomic E-state index is 0.144. The molecule has 2 aromatic carbocycles. The second kappa shape index (κ2) is 11.2. The number of carbonyl (C=O) groups is 2. The number of carbonyl (C=O) groups excluding carboxylic acids is 2. The summed E-state index contributed by atoms with van der Waals surface area (Å²) in [5, 5.41) is 2.72. The number of hydrogen-bond acceptors (Lipinski definition) is 6. The average Bonchev–Trinajstić information content (AvgIpc) is 3.11. The molecule has 1 saturated heterocycles. The highest BCUT2D eigenvalue weighted by Crippen LogP contribution is 2.33. The second-order valence-electron chi connectivity index (χ2n) is 8.11. The molecule has 0 unspecified atom stereocenters. The SMILES string of the molecule is COc1ccc(N(CC(=O)Nc2ccccc2C(=O)N2CCCCCC2)S(C)(=O)=O)c(OC)c1. The lowest BCUT2D eigenvalue weighted by atomic mass is 10.1. The van der Waals surface area contributed by atoms with Crippen molar-refractivity contribution in [1.82, 2.24) is 4.90 Å². The van der Waals surface area contributed by atoms with Crippen LogP contribution < -0.4 is 19.1 Å². The molecule has 0 bridgehead atoms. The van der Waals surface area contributed by atoms with Gasteiger partial charge in [0.2, 0.25) is 15.9 Å². The van der Waals surface area contributed by atoms with Crippen molar-refractivity contribution in [1.29, 1.82) is 0 Å². The van der Waals surface area contributed by atoms with Gasteiger partial charge in [0.05, 0.1) is 37.4 Å². The van der Waals surface area contributed by atoms with E-state index in [0.29, 0.717) is 30.1 Å². The van der Waals surface area contributed by atoms with Gasteiger partial charge in [-0.1, -0.05) is 25.0 Å². The van der Waals surface area contributed by atoms with Crippen molar-refractivity contribution in [2.45, 2.75) is 25.7 Å². The van der Waals surface area contributed by atoms with Crippen molar-refractivity contribution in [3.8, 4) is 11.5 Å². The summed E-state index contributed by atoms with van der Waals surface area (Å²) in [6.45, 7) is 0.869. The van der Waals surface area contributed by atoms with E-state index in [-0.39, 0.29) is 17.3 Å². The lowest BCUT2D eigenvalue weighted by Gasteiger charge is -2.25. The maximum absolute atomic E-state index is 13.1. The Bertz CT molecular complexity index is 1130. The number of rotatable bonds is 8. The molecule has 1 heterocycles. The molecule has 2 amide bonds. The Hall–Kier alpha value is -3.27. The lowest BCUT2D eigenvalue weighted by Crippen LogP contribution is -2.38. The Labute approximate surface area is 200 Å². The van der Waals surface area contributed by atoms with Crippen molar-refractivity contribution in [3.63, 3.8) is 0 Å². The number of hydrogen-bond donors (Lipinski definition) is 1. The van der Waals surface area contributed by atoms with Crippen LogP contribution >= 0.6 is 0 Å². The van der Waals surface area contributed by atoms with Gasteiger partial charge >= 0.3 is 0 Å². The van der Waals surface area contributed by atoms with Gasteiger partial charge in [0, 0.05) is 19.2 Å². The van der Waals surface area contributed by atoms with Crippen LogP contribution in [0.25, 0.3) is 0 Å². The number of methoxy groups -OCH3 is 2. The highest BCUT2D eigenvalue weighted by Gasteiger charge is 2.26. The number of nitrogens with one attached hydrogen (secondary N) is 1. The standard InChI is InChI=1S/C24H31N3O6S/c1-32-18-12-13-21(22(16-18)33-2)27(34(3,30)31)17-23(28)25-20-11-7-6-10-19(20)24(29)26-14-8-4-5-9-15-26/h6-7,10-13,16H,4-5,8-9,14-15,17H2,1-3H3,(H,25,28). The molecule has 1 N–H and O–H groups in total. The molecule has 184 valence electrons. The fourth-order valence-electron chi connectivity index (χ4n) is 3.91. The number of amides is 2. The summed E-state index contributed by atoms with van der Waals surface area (Å²) < 4.78 is 36.6. The van der Waals surface area contributed by atoms with E-state index < -0.39 is 22.5 Å². The van der Waals surface area contributed by atoms with E-state index in [9.17, 15) is 18.0 Å². The summed E-state index contributed by atoms with van der Waals surface area (Å²) in [5.74, 6) is 0.00257. The first kappa shape index (κ1) is 25.4. The number of nitrogens with zero attached hydrogens (tertiary/aromatic N) is 2. The monoisotopic (exact) mass is 489 g/mol. The first-order valence-electron chi connectivity index (χ1n) is 11.1. The topological polar surface area (TPSA) is 105 Å². The Balaban J connectivity index is 1.83. The van der Waals surface area contributed by atoms with Gasteiger partial charge < -0.3 is 19.7 Å². The van der Waals surface area contributed by atoms with E-state index in [1.807, 2.05) is 4.90 Å². The third kappa shape index (κ3) is 6.19. The van der Waals surface area contributed by atoms with Crippen molar-refractivity contribution in [3.05, 3.63) is 48.0 Å². The van der Waals surface area contributed by atoms with Crippen LogP contribution in [0.5, 0.6) is 11.5 Å². The molecule has 3 rings (SSSR count). The smallest absolute Gasteiger partial charge is 0.255 e. The first-order chi connectivity index (χ1) is 16.2. The number of sulfonamides is 1. The van der Waals surface area contributed by atoms with Crippen LogP contribution in [0.15, 0.2) is 42.5 Å². The van der Waals surface area contributed by atoms with Crippen molar-refractivity contribution in [2.75, 3.05) is 49.7 Å². The van der Waals surface area contributed by atoms with E-state index in [0.717, 1.165) is 36.2 Å². The van der Waals surface area contributed by atoms with Crippen LogP contribution in [-0.4, -0.2) is 65.2 Å². The first-order valence-corrected chi connectivity index (χ1v) is 13.0. The molecule has 0 spiro atoms. The van der Waals surface area contributed by atoms with E-state index in [1.165, 1.54) is 20.3 Å². The number of likely N-dealkylation sites (tertiary alicyclic amines) is 1. The number of para-hydroxylation sites is 1. The largest absolute Gasteiger partial charge is 0.497 e. The predicted octanol–water partition coefficient (Wildman–Crippen LogP) is 3.12. The molecule has 1 aliphatic heterocycles. The van der Waals surface area contributed by atoms with Crippen LogP contribution in [0, 0.1) is 0 Å². The molecule has 0 aliphatic carbocycles. The van der Waals surface area contributed by atoms with Gasteiger partial charge in [-0.05, 0) is 37.1 Å². The highest BCUT2D eigenvalue weighted by molar-refractivity contribution is 7.92. The average molecular weight is 490 g/mol. The Morgan fingerprint density at radius 2 is 1.68 bits per heavy atom. The molecule has 0 saturated carbocycles. The van der Waals surface area contributed by atoms with Crippen LogP contribution in [0.4, 0.5) is 11.4 Å². The summed E-state index contributed by atoms with van der Waals surface area (Å²) in [7, 11) is -0.936. The summed E-state index contributed by atoms with van der Waals surface area (Å²) in [6, 6.07) is 11.4. The van der Waals surface area contributed by atoms with Gasteiger partial charge in [-0.2, -0.15) is 0 Å². The maximum Gasteiger partial charge on any atom is 0.255 e. The lowest BCUT2D eigenvalue weighted by molar-refractivity contribution is -0.114. The van der Waals surface area contributed by atoms with Gasteiger partial charge in [-0.3, -0.25) is 13.9 Å². The van der Waals surface area contributed by atoms with Crippen LogP contribution in [0.3, 0.4) is 0 Å². The minimum atomic E-state index is -3.83. The van der Waals surface area contributed by atoms with Crippen LogP contribution in [0.2, 0.25) is 0 Å². The fourth-order valence-corrected chi connectivity index (χ4v) is 4.77. The van der Waals surface area contributed by atoms with Gasteiger partial charge in [0.15, 0.2) is 0 Å². The molecule has 2 aromatic rings. The van der Waals surface area contributed by atoms with Gasteiger partial charge in [0.1, 0.15) is 18.0 Å². The predicted molar refractivity (Wildman–Crippen MR) is 131 cm³/mol. The quantitative estimate of drug-likeness (QED) is 0.611.